The van der Waals surface area contributed by atoms with E-state index in [1.807, 2.05) is 17.0 Å². The number of nitrogens with zero attached hydrogens (tertiary/aromatic N) is 2. The van der Waals surface area contributed by atoms with E-state index in [0.717, 1.165) is 38.5 Å². The number of carbonyl (C=O) groups is 1. The van der Waals surface area contributed by atoms with Crippen molar-refractivity contribution in [3.05, 3.63) is 29.3 Å². The number of hydrogen-bond donors (Lipinski definition) is 1. The Morgan fingerprint density at radius 3 is 2.57 bits per heavy atom. The molecule has 5 nitrogen and oxygen atoms in total. The van der Waals surface area contributed by atoms with E-state index in [0.29, 0.717) is 29.6 Å². The van der Waals surface area contributed by atoms with Crippen LogP contribution in [0.15, 0.2) is 24.3 Å². The minimum atomic E-state index is -0.579. The first-order valence-corrected chi connectivity index (χ1v) is 11.0. The van der Waals surface area contributed by atoms with Crippen molar-refractivity contribution in [1.29, 1.82) is 0 Å². The monoisotopic (exact) mass is 408 g/mol. The second-order valence-corrected chi connectivity index (χ2v) is 8.53. The van der Waals surface area contributed by atoms with Gasteiger partial charge in [0.2, 0.25) is 5.91 Å². The highest BCUT2D eigenvalue weighted by Crippen LogP contribution is 2.27. The fourth-order valence-corrected chi connectivity index (χ4v) is 4.43. The van der Waals surface area contributed by atoms with E-state index in [1.54, 1.807) is 12.1 Å². The summed E-state index contributed by atoms with van der Waals surface area (Å²) in [6.45, 7) is 3.87. The molecule has 0 spiro atoms. The molecule has 0 aromatic heterocycles. The number of rotatable bonds is 8. The maximum Gasteiger partial charge on any atom is 0.222 e. The second kappa shape index (κ2) is 11.0. The van der Waals surface area contributed by atoms with Gasteiger partial charge in [-0.25, -0.2) is 0 Å². The van der Waals surface area contributed by atoms with Crippen LogP contribution in [-0.2, 0) is 4.79 Å². The highest BCUT2D eigenvalue weighted by molar-refractivity contribution is 6.32. The first kappa shape index (κ1) is 21.4. The summed E-state index contributed by atoms with van der Waals surface area (Å²) in [6.07, 6.45) is 7.80. The molecule has 1 N–H and O–H groups in total. The summed E-state index contributed by atoms with van der Waals surface area (Å²) >= 11 is 6.07. The fraction of sp³-hybridized carbons (Fsp3) is 0.682. The minimum absolute atomic E-state index is 0.213. The molecule has 1 aliphatic heterocycles. The zero-order chi connectivity index (χ0) is 19.8. The van der Waals surface area contributed by atoms with Crippen LogP contribution in [0.4, 0.5) is 0 Å². The minimum Gasteiger partial charge on any atom is -0.489 e. The van der Waals surface area contributed by atoms with E-state index in [9.17, 15) is 9.90 Å². The number of halogens is 1. The average Bonchev–Trinajstić information content (AvgIpc) is 2.73. The first-order chi connectivity index (χ1) is 13.6. The number of hydrogen-bond acceptors (Lipinski definition) is 4. The number of aliphatic hydroxyl groups excluding tert-OH is 1. The van der Waals surface area contributed by atoms with Crippen LogP contribution in [-0.4, -0.2) is 66.2 Å². The number of para-hydroxylation sites is 1. The molecule has 156 valence electrons. The topological polar surface area (TPSA) is 53.0 Å². The second-order valence-electron chi connectivity index (χ2n) is 8.12. The van der Waals surface area contributed by atoms with Crippen molar-refractivity contribution >= 4 is 17.5 Å². The van der Waals surface area contributed by atoms with E-state index < -0.39 is 6.10 Å². The molecule has 0 radical (unpaired) electrons. The first-order valence-electron chi connectivity index (χ1n) is 10.7. The molecule has 1 amide bonds. The lowest BCUT2D eigenvalue weighted by Gasteiger charge is -2.36. The highest BCUT2D eigenvalue weighted by Gasteiger charge is 2.23. The van der Waals surface area contributed by atoms with Crippen LogP contribution in [0.3, 0.4) is 0 Å². The molecule has 6 heteroatoms. The normalized spacial score (nSPS) is 20.1. The number of benzene rings is 1. The van der Waals surface area contributed by atoms with Crippen LogP contribution in [0.1, 0.15) is 44.9 Å². The lowest BCUT2D eigenvalue weighted by molar-refractivity contribution is -0.133. The standard InChI is InChI=1S/C22H33ClN2O3/c23-20-8-4-5-9-21(20)28-17-19(26)16-24-12-14-25(15-13-24)22(27)11-10-18-6-2-1-3-7-18/h4-5,8-9,18-19,26H,1-3,6-7,10-17H2. The SMILES string of the molecule is O=C(CCC1CCCCC1)N1CCN(CC(O)COc2ccccc2Cl)CC1. The van der Waals surface area contributed by atoms with Crippen LogP contribution >= 0.6 is 11.6 Å². The van der Waals surface area contributed by atoms with Crippen LogP contribution in [0.5, 0.6) is 5.75 Å². The van der Waals surface area contributed by atoms with Gasteiger partial charge in [-0.2, -0.15) is 0 Å². The highest BCUT2D eigenvalue weighted by atomic mass is 35.5. The molecule has 2 aliphatic rings. The van der Waals surface area contributed by atoms with Gasteiger partial charge in [0.25, 0.3) is 0 Å². The molecule has 2 fully saturated rings. The zero-order valence-corrected chi connectivity index (χ0v) is 17.4. The summed E-state index contributed by atoms with van der Waals surface area (Å²) in [6, 6.07) is 7.28. The summed E-state index contributed by atoms with van der Waals surface area (Å²) in [5, 5.41) is 10.8. The number of amides is 1. The van der Waals surface area contributed by atoms with Gasteiger partial charge < -0.3 is 14.7 Å². The van der Waals surface area contributed by atoms with Crippen molar-refractivity contribution in [2.45, 2.75) is 51.0 Å². The Bertz CT molecular complexity index is 614. The third kappa shape index (κ3) is 6.64. The van der Waals surface area contributed by atoms with Gasteiger partial charge in [0.05, 0.1) is 5.02 Å². The summed E-state index contributed by atoms with van der Waals surface area (Å²) in [7, 11) is 0. The van der Waals surface area contributed by atoms with Crippen LogP contribution in [0.25, 0.3) is 0 Å². The molecule has 28 heavy (non-hydrogen) atoms. The van der Waals surface area contributed by atoms with Crippen LogP contribution in [0, 0.1) is 5.92 Å². The zero-order valence-electron chi connectivity index (χ0n) is 16.7. The molecule has 3 rings (SSSR count). The molecular formula is C22H33ClN2O3. The number of ether oxygens (including phenoxy) is 1. The van der Waals surface area contributed by atoms with Gasteiger partial charge in [0.15, 0.2) is 0 Å². The molecule has 1 atom stereocenters. The number of carbonyl (C=O) groups excluding carboxylic acids is 1. The molecule has 1 saturated carbocycles. The van der Waals surface area contributed by atoms with Crippen LogP contribution < -0.4 is 4.74 Å². The van der Waals surface area contributed by atoms with Gasteiger partial charge >= 0.3 is 0 Å². The maximum absolute atomic E-state index is 12.5. The number of piperazine rings is 1. The Labute approximate surface area is 173 Å². The average molecular weight is 409 g/mol. The van der Waals surface area contributed by atoms with Crippen molar-refractivity contribution in [2.75, 3.05) is 39.3 Å². The van der Waals surface area contributed by atoms with Gasteiger partial charge in [-0.1, -0.05) is 55.8 Å². The largest absolute Gasteiger partial charge is 0.489 e. The number of aliphatic hydroxyl groups is 1. The maximum atomic E-state index is 12.5. The Balaban J connectivity index is 1.32. The van der Waals surface area contributed by atoms with Crippen molar-refractivity contribution in [3.8, 4) is 5.75 Å². The summed E-state index contributed by atoms with van der Waals surface area (Å²) in [5.74, 6) is 1.65. The van der Waals surface area contributed by atoms with Gasteiger partial charge in [-0.15, -0.1) is 0 Å². The lowest BCUT2D eigenvalue weighted by atomic mass is 9.86. The third-order valence-corrected chi connectivity index (χ3v) is 6.27. The van der Waals surface area contributed by atoms with E-state index >= 15 is 0 Å². The predicted molar refractivity (Wildman–Crippen MR) is 112 cm³/mol. The lowest BCUT2D eigenvalue weighted by Crippen LogP contribution is -2.51. The van der Waals surface area contributed by atoms with Gasteiger partial charge in [0, 0.05) is 39.1 Å². The Morgan fingerprint density at radius 1 is 1.14 bits per heavy atom. The summed E-state index contributed by atoms with van der Waals surface area (Å²) < 4.78 is 5.62. The van der Waals surface area contributed by atoms with Gasteiger partial charge in [-0.05, 0) is 24.5 Å². The predicted octanol–water partition coefficient (Wildman–Crippen LogP) is 3.58. The smallest absolute Gasteiger partial charge is 0.222 e. The molecule has 1 saturated heterocycles. The van der Waals surface area contributed by atoms with Gasteiger partial charge in [-0.3, -0.25) is 9.69 Å². The summed E-state index contributed by atoms with van der Waals surface area (Å²) in [5.41, 5.74) is 0. The molecule has 0 bridgehead atoms. The van der Waals surface area contributed by atoms with Crippen molar-refractivity contribution in [1.82, 2.24) is 9.80 Å². The van der Waals surface area contributed by atoms with E-state index in [-0.39, 0.29) is 6.61 Å². The molecule has 1 unspecified atom stereocenters. The van der Waals surface area contributed by atoms with Crippen LogP contribution in [0.2, 0.25) is 5.02 Å². The third-order valence-electron chi connectivity index (χ3n) is 5.95. The number of β-amino-alcohol motifs (C(OH)–C–C–N with tert-alkyl or cyclic N) is 1. The fourth-order valence-electron chi connectivity index (χ4n) is 4.24. The van der Waals surface area contributed by atoms with E-state index in [2.05, 4.69) is 4.90 Å². The summed E-state index contributed by atoms with van der Waals surface area (Å²) in [4.78, 5) is 16.7. The Kier molecular flexibility index (Phi) is 8.44. The molecule has 1 aromatic carbocycles. The molecular weight excluding hydrogens is 376 g/mol. The van der Waals surface area contributed by atoms with E-state index in [4.69, 9.17) is 16.3 Å². The molecule has 1 heterocycles. The Hall–Kier alpha value is -1.30. The van der Waals surface area contributed by atoms with Crippen molar-refractivity contribution in [3.63, 3.8) is 0 Å². The van der Waals surface area contributed by atoms with Gasteiger partial charge in [0.1, 0.15) is 18.5 Å². The Morgan fingerprint density at radius 2 is 1.86 bits per heavy atom. The van der Waals surface area contributed by atoms with Crippen molar-refractivity contribution < 1.29 is 14.6 Å². The van der Waals surface area contributed by atoms with E-state index in [1.165, 1.54) is 32.1 Å². The van der Waals surface area contributed by atoms with Crippen molar-refractivity contribution in [2.24, 2.45) is 5.92 Å². The molecule has 1 aliphatic carbocycles. The molecule has 1 aromatic rings. The quantitative estimate of drug-likeness (QED) is 0.714.